The van der Waals surface area contributed by atoms with Crippen LogP contribution < -0.4 is 97.8 Å². The molecular formula is C81H135N19O14. The van der Waals surface area contributed by atoms with Crippen molar-refractivity contribution in [1.29, 1.82) is 0 Å². The fourth-order valence-corrected chi connectivity index (χ4v) is 13.6. The number of rotatable bonds is 57. The molecule has 0 bridgehead atoms. The van der Waals surface area contributed by atoms with E-state index in [2.05, 4.69) is 74.1 Å². The van der Waals surface area contributed by atoms with E-state index in [1.807, 2.05) is 65.8 Å². The molecule has 1 aromatic heterocycles. The standard InChI is InChI=1S/C81H135N19O14/c1-9-52(8)69(81(114)89-48-68(101)102)100-80(113)67(46-54-47-88-56-29-14-13-28-55(54)56)99-75(108)62(34-19-24-40-86)92-72(105)59(31-16-21-37-83)94-77(110)64(43-50(4)5)97-79(112)66(45-53-26-11-10-12-27-53)98-74(107)61(33-18-23-39-85)91-71(104)58(30-15-20-36-82)93-76(109)63(42-49(2)3)96-78(111)65(44-51(6)7)95-73(106)60(32-17-22-38-84)90-70(103)57-35-25-41-87-57/h10-14,26-29,47,49-52,57-67,69,87-88H,9,15-25,30-46,48,82-86H2,1-8H3,(H,89,114)(H,90,103)(H,91,104)(H,92,105)(H,93,109)(H,94,110)(H,95,106)(H,96,111)(H,97,112)(H,98,107)(H,99,108)(H,100,113)(H,101,102)/t52-,57-,58-,59-,60-,61-,62-,63-,64-,65-,66-,67-,69-/m0/s1. The lowest BCUT2D eigenvalue weighted by Crippen LogP contribution is -2.61. The van der Waals surface area contributed by atoms with E-state index in [-0.39, 0.29) is 114 Å². The van der Waals surface area contributed by atoms with Gasteiger partial charge in [-0.1, -0.05) is 110 Å². The van der Waals surface area contributed by atoms with E-state index in [0.717, 1.165) is 17.3 Å². The van der Waals surface area contributed by atoms with Crippen LogP contribution in [0.15, 0.2) is 60.8 Å². The molecule has 33 nitrogen and oxygen atoms in total. The molecule has 0 saturated carbocycles. The van der Waals surface area contributed by atoms with E-state index in [4.69, 9.17) is 28.7 Å². The third-order valence-electron chi connectivity index (χ3n) is 20.2. The molecule has 0 radical (unpaired) electrons. The van der Waals surface area contributed by atoms with Crippen LogP contribution >= 0.6 is 0 Å². The van der Waals surface area contributed by atoms with E-state index in [1.54, 1.807) is 50.4 Å². The van der Waals surface area contributed by atoms with Crippen molar-refractivity contribution < 1.29 is 67.4 Å². The first-order valence-corrected chi connectivity index (χ1v) is 41.1. The highest BCUT2D eigenvalue weighted by molar-refractivity contribution is 6.00. The summed E-state index contributed by atoms with van der Waals surface area (Å²) in [6.07, 6.45) is 8.34. The van der Waals surface area contributed by atoms with Crippen LogP contribution in [0, 0.1) is 23.7 Å². The number of hydrogen-bond acceptors (Lipinski definition) is 19. The minimum atomic E-state index is -1.40. The lowest BCUT2D eigenvalue weighted by molar-refractivity contribution is -0.139. The van der Waals surface area contributed by atoms with Crippen LogP contribution in [-0.4, -0.2) is 205 Å². The highest BCUT2D eigenvalue weighted by Gasteiger charge is 2.39. The van der Waals surface area contributed by atoms with Crippen LogP contribution in [0.1, 0.15) is 201 Å². The first-order chi connectivity index (χ1) is 54.5. The van der Waals surface area contributed by atoms with Gasteiger partial charge in [-0.2, -0.15) is 0 Å². The second kappa shape index (κ2) is 53.1. The van der Waals surface area contributed by atoms with Gasteiger partial charge >= 0.3 is 5.97 Å². The summed E-state index contributed by atoms with van der Waals surface area (Å²) in [7, 11) is 0. The van der Waals surface area contributed by atoms with Gasteiger partial charge in [0.2, 0.25) is 70.9 Å². The Balaban J connectivity index is 1.66. The SMILES string of the molecule is CC[C@H](C)[C@H](NC(=O)[C@H](Cc1c[nH]c2ccccc12)NC(=O)[C@H](CCCCN)NC(=O)[C@H](CCCCN)NC(=O)[C@H](CC(C)C)NC(=O)[C@H](Cc1ccccc1)NC(=O)[C@H](CCCCN)NC(=O)[C@H](CCCCN)NC(=O)[C@H](CC(C)C)NC(=O)[C@H](CC(C)C)NC(=O)[C@H](CCCCN)NC(=O)[C@@H]1CCCN1)C(=O)NCC(=O)O. The predicted molar refractivity (Wildman–Crippen MR) is 437 cm³/mol. The second-order valence-corrected chi connectivity index (χ2v) is 31.3. The molecule has 25 N–H and O–H groups in total. The Hall–Kier alpha value is -9.15. The Kier molecular flexibility index (Phi) is 45.3. The van der Waals surface area contributed by atoms with Gasteiger partial charge in [0.15, 0.2) is 0 Å². The van der Waals surface area contributed by atoms with Crippen molar-refractivity contribution >= 4 is 87.8 Å². The largest absolute Gasteiger partial charge is 0.480 e. The molecule has 33 heteroatoms. The Labute approximate surface area is 672 Å². The highest BCUT2D eigenvalue weighted by Crippen LogP contribution is 2.22. The van der Waals surface area contributed by atoms with Crippen molar-refractivity contribution in [1.82, 2.24) is 74.1 Å². The number of para-hydroxylation sites is 1. The molecule has 12 amide bonds. The monoisotopic (exact) mass is 1600 g/mol. The number of nitrogens with two attached hydrogens (primary N) is 5. The summed E-state index contributed by atoms with van der Waals surface area (Å²) in [5.74, 6) is -10.7. The number of nitrogens with one attached hydrogen (secondary N) is 14. The van der Waals surface area contributed by atoms with E-state index < -0.39 is 156 Å². The van der Waals surface area contributed by atoms with Crippen LogP contribution in [0.2, 0.25) is 0 Å². The maximum absolute atomic E-state index is 15.1. The topological polar surface area (TPSA) is 544 Å². The number of benzene rings is 2. The van der Waals surface area contributed by atoms with Crippen LogP contribution in [0.3, 0.4) is 0 Å². The average molecular weight is 1600 g/mol. The lowest BCUT2D eigenvalue weighted by Gasteiger charge is -2.29. The summed E-state index contributed by atoms with van der Waals surface area (Å²) in [5, 5.41) is 46.9. The zero-order valence-corrected chi connectivity index (χ0v) is 68.4. The van der Waals surface area contributed by atoms with Crippen LogP contribution in [0.5, 0.6) is 0 Å². The van der Waals surface area contributed by atoms with E-state index >= 15 is 9.59 Å². The Morgan fingerprint density at radius 2 is 0.754 bits per heavy atom. The fourth-order valence-electron chi connectivity index (χ4n) is 13.6. The van der Waals surface area contributed by atoms with E-state index in [0.29, 0.717) is 101 Å². The number of fused-ring (bicyclic) bond motifs is 1. The number of carboxylic acid groups (broad SMARTS) is 1. The molecule has 114 heavy (non-hydrogen) atoms. The molecule has 4 rings (SSSR count). The smallest absolute Gasteiger partial charge is 0.322 e. The molecule has 13 atom stereocenters. The summed E-state index contributed by atoms with van der Waals surface area (Å²) in [6.45, 7) is 15.9. The van der Waals surface area contributed by atoms with Crippen LogP contribution in [0.25, 0.3) is 10.9 Å². The van der Waals surface area contributed by atoms with Gasteiger partial charge in [0.1, 0.15) is 73.0 Å². The maximum Gasteiger partial charge on any atom is 0.322 e. The van der Waals surface area contributed by atoms with Crippen molar-refractivity contribution in [2.24, 2.45) is 52.3 Å². The highest BCUT2D eigenvalue weighted by atomic mass is 16.4. The maximum atomic E-state index is 15.1. The molecular weight excluding hydrogens is 1460 g/mol. The molecule has 2 aromatic carbocycles. The lowest BCUT2D eigenvalue weighted by atomic mass is 9.97. The molecule has 1 aliphatic rings. The molecule has 1 aliphatic heterocycles. The number of carboxylic acids is 1. The van der Waals surface area contributed by atoms with E-state index in [1.165, 1.54) is 0 Å². The van der Waals surface area contributed by atoms with Gasteiger partial charge in [-0.3, -0.25) is 62.3 Å². The van der Waals surface area contributed by atoms with Gasteiger partial charge in [-0.05, 0) is 209 Å². The number of carbonyl (C=O) groups is 13. The second-order valence-electron chi connectivity index (χ2n) is 31.3. The van der Waals surface area contributed by atoms with Gasteiger partial charge in [-0.25, -0.2) is 0 Å². The molecule has 0 spiro atoms. The van der Waals surface area contributed by atoms with Crippen molar-refractivity contribution in [2.45, 2.75) is 276 Å². The average Bonchev–Trinajstić information content (AvgIpc) is 1.34. The number of unbranched alkanes of at least 4 members (excludes halogenated alkanes) is 5. The predicted octanol–water partition coefficient (Wildman–Crippen LogP) is 1.07. The summed E-state index contributed by atoms with van der Waals surface area (Å²) < 4.78 is 0. The number of aromatic amines is 1. The molecule has 1 saturated heterocycles. The van der Waals surface area contributed by atoms with Crippen LogP contribution in [-0.2, 0) is 75.2 Å². The molecule has 0 aliphatic carbocycles. The number of amides is 12. The molecule has 638 valence electrons. The van der Waals surface area contributed by atoms with Crippen LogP contribution in [0.4, 0.5) is 0 Å². The minimum Gasteiger partial charge on any atom is -0.480 e. The number of H-pyrrole nitrogens is 1. The third kappa shape index (κ3) is 35.3. The molecule has 0 unspecified atom stereocenters. The first kappa shape index (κ1) is 97.2. The summed E-state index contributed by atoms with van der Waals surface area (Å²) >= 11 is 0. The Morgan fingerprint density at radius 1 is 0.412 bits per heavy atom. The summed E-state index contributed by atoms with van der Waals surface area (Å²) in [5.41, 5.74) is 31.5. The number of aromatic nitrogens is 1. The Morgan fingerprint density at radius 3 is 1.12 bits per heavy atom. The van der Waals surface area contributed by atoms with Gasteiger partial charge in [0, 0.05) is 29.9 Å². The van der Waals surface area contributed by atoms with Crippen molar-refractivity contribution in [2.75, 3.05) is 45.8 Å². The van der Waals surface area contributed by atoms with Gasteiger partial charge in [0.05, 0.1) is 6.04 Å². The number of hydrogen-bond donors (Lipinski definition) is 20. The van der Waals surface area contributed by atoms with Crippen molar-refractivity contribution in [3.63, 3.8) is 0 Å². The first-order valence-electron chi connectivity index (χ1n) is 41.1. The summed E-state index contributed by atoms with van der Waals surface area (Å²) in [6, 6.07) is 1.74. The summed E-state index contributed by atoms with van der Waals surface area (Å²) in [4.78, 5) is 189. The van der Waals surface area contributed by atoms with Gasteiger partial charge < -0.3 is 108 Å². The van der Waals surface area contributed by atoms with Crippen molar-refractivity contribution in [3.8, 4) is 0 Å². The minimum absolute atomic E-state index is 0.0247. The van der Waals surface area contributed by atoms with Crippen molar-refractivity contribution in [3.05, 3.63) is 71.9 Å². The molecule has 3 aromatic rings. The molecule has 1 fully saturated rings. The van der Waals surface area contributed by atoms with Gasteiger partial charge in [0.25, 0.3) is 0 Å². The molecule has 2 heterocycles. The normalized spacial score (nSPS) is 15.9. The zero-order chi connectivity index (χ0) is 84.2. The fraction of sp³-hybridized carbons (Fsp3) is 0.667. The number of carbonyl (C=O) groups excluding carboxylic acids is 12. The van der Waals surface area contributed by atoms with E-state index in [9.17, 15) is 57.8 Å². The third-order valence-corrected chi connectivity index (χ3v) is 20.2. The Bertz CT molecular complexity index is 3500. The quantitative estimate of drug-likeness (QED) is 0.0351. The zero-order valence-electron chi connectivity index (χ0n) is 68.4. The van der Waals surface area contributed by atoms with Gasteiger partial charge in [-0.15, -0.1) is 0 Å². The number of aliphatic carboxylic acids is 1.